The van der Waals surface area contributed by atoms with Crippen molar-refractivity contribution in [1.82, 2.24) is 24.7 Å². The number of H-pyrrole nitrogens is 1. The van der Waals surface area contributed by atoms with E-state index in [1.54, 1.807) is 24.1 Å². The number of nitrogens with one attached hydrogen (secondary N) is 1. The maximum absolute atomic E-state index is 12.9. The van der Waals surface area contributed by atoms with E-state index in [0.717, 1.165) is 38.9 Å². The highest BCUT2D eigenvalue weighted by molar-refractivity contribution is 6.04. The van der Waals surface area contributed by atoms with E-state index >= 15 is 0 Å². The molecule has 1 atom stereocenters. The molecule has 1 unspecified atom stereocenters. The fourth-order valence-electron chi connectivity index (χ4n) is 4.19. The number of aryl methyl sites for hydroxylation is 2. The molecule has 32 heavy (non-hydrogen) atoms. The number of aromatic nitrogens is 5. The fraction of sp³-hybridized carbons (Fsp3) is 0.217. The number of pyridine rings is 2. The number of rotatable bonds is 4. The molecule has 0 bridgehead atoms. The van der Waals surface area contributed by atoms with Crippen molar-refractivity contribution in [3.63, 3.8) is 0 Å². The Bertz CT molecular complexity index is 1470. The lowest BCUT2D eigenvalue weighted by molar-refractivity contribution is 0.393. The average molecular weight is 452 g/mol. The Morgan fingerprint density at radius 1 is 1.19 bits per heavy atom. The van der Waals surface area contributed by atoms with Crippen molar-refractivity contribution in [3.8, 4) is 16.9 Å². The largest absolute Gasteiger partial charge is 0.496 e. The van der Waals surface area contributed by atoms with Crippen molar-refractivity contribution < 1.29 is 9.26 Å². The maximum atomic E-state index is 12.9. The van der Waals surface area contributed by atoms with Gasteiger partial charge < -0.3 is 14.2 Å². The summed E-state index contributed by atoms with van der Waals surface area (Å²) in [7, 11) is 1.62. The number of benzene rings is 1. The van der Waals surface area contributed by atoms with Crippen molar-refractivity contribution in [2.45, 2.75) is 26.8 Å². The predicted octanol–water partition coefficient (Wildman–Crippen LogP) is 4.58. The summed E-state index contributed by atoms with van der Waals surface area (Å²) >= 11 is 0. The van der Waals surface area contributed by atoms with E-state index in [4.69, 9.17) is 9.26 Å². The Hall–Kier alpha value is -3.65. The van der Waals surface area contributed by atoms with Gasteiger partial charge in [-0.2, -0.15) is 0 Å². The van der Waals surface area contributed by atoms with Gasteiger partial charge in [-0.1, -0.05) is 11.2 Å². The molecule has 0 radical (unpaired) electrons. The quantitative estimate of drug-likeness (QED) is 0.429. The number of aromatic amines is 1. The number of imidazole rings is 1. The standard InChI is InChI=1S/C23H21N5O3.ClH/c1-12-21(14(3)31-27-12)16-9-18-15(10-20(16)30-4)22-19(11-25-18)26-23(29)28(22)13(2)17-7-5-6-8-24-17;/h5-11,13H,1-4H3,(H,26,29);1H. The lowest BCUT2D eigenvalue weighted by atomic mass is 10.0. The van der Waals surface area contributed by atoms with Crippen LogP contribution in [-0.4, -0.2) is 31.8 Å². The van der Waals surface area contributed by atoms with Crippen LogP contribution in [0.5, 0.6) is 5.75 Å². The molecule has 0 amide bonds. The molecule has 8 nitrogen and oxygen atoms in total. The lowest BCUT2D eigenvalue weighted by Crippen LogP contribution is -2.21. The van der Waals surface area contributed by atoms with Crippen LogP contribution in [0.15, 0.2) is 52.0 Å². The molecule has 0 aliphatic heterocycles. The van der Waals surface area contributed by atoms with Gasteiger partial charge in [0.15, 0.2) is 0 Å². The molecule has 1 aromatic carbocycles. The highest BCUT2D eigenvalue weighted by Crippen LogP contribution is 2.39. The van der Waals surface area contributed by atoms with Crippen LogP contribution in [0, 0.1) is 13.8 Å². The van der Waals surface area contributed by atoms with Crippen molar-refractivity contribution in [2.75, 3.05) is 7.11 Å². The van der Waals surface area contributed by atoms with Gasteiger partial charge in [0.05, 0.1) is 52.8 Å². The molecule has 4 heterocycles. The molecule has 164 valence electrons. The third kappa shape index (κ3) is 3.23. The number of fused-ring (bicyclic) bond motifs is 3. The maximum Gasteiger partial charge on any atom is 0.327 e. The zero-order valence-electron chi connectivity index (χ0n) is 18.0. The Balaban J connectivity index is 0.00000245. The van der Waals surface area contributed by atoms with Crippen LogP contribution in [0.3, 0.4) is 0 Å². The zero-order valence-corrected chi connectivity index (χ0v) is 18.9. The van der Waals surface area contributed by atoms with Gasteiger partial charge in [-0.3, -0.25) is 14.5 Å². The van der Waals surface area contributed by atoms with Crippen LogP contribution in [0.2, 0.25) is 0 Å². The van der Waals surface area contributed by atoms with Crippen LogP contribution in [0.1, 0.15) is 30.1 Å². The van der Waals surface area contributed by atoms with Gasteiger partial charge in [-0.15, -0.1) is 12.4 Å². The Kier molecular flexibility index (Phi) is 5.48. The van der Waals surface area contributed by atoms with Gasteiger partial charge in [0.2, 0.25) is 0 Å². The van der Waals surface area contributed by atoms with Gasteiger partial charge in [0.25, 0.3) is 0 Å². The summed E-state index contributed by atoms with van der Waals surface area (Å²) in [5.41, 5.74) is 5.26. The van der Waals surface area contributed by atoms with Gasteiger partial charge >= 0.3 is 5.69 Å². The SMILES string of the molecule is COc1cc2c(cc1-c1c(C)noc1C)ncc1[nH]c(=O)n(C(C)c3ccccn3)c12.Cl. The number of ether oxygens (including phenoxy) is 1. The summed E-state index contributed by atoms with van der Waals surface area (Å²) in [5, 5.41) is 4.87. The van der Waals surface area contributed by atoms with E-state index in [1.807, 2.05) is 51.1 Å². The molecule has 4 aromatic heterocycles. The van der Waals surface area contributed by atoms with E-state index in [1.165, 1.54) is 0 Å². The first kappa shape index (κ1) is 21.6. The number of halogens is 1. The Labute approximate surface area is 189 Å². The second-order valence-electron chi connectivity index (χ2n) is 7.52. The third-order valence-electron chi connectivity index (χ3n) is 5.67. The zero-order chi connectivity index (χ0) is 21.7. The molecular formula is C23H22ClN5O3. The van der Waals surface area contributed by atoms with Crippen molar-refractivity contribution in [1.29, 1.82) is 0 Å². The molecule has 9 heteroatoms. The van der Waals surface area contributed by atoms with Crippen LogP contribution in [-0.2, 0) is 0 Å². The Morgan fingerprint density at radius 3 is 2.66 bits per heavy atom. The first-order valence-corrected chi connectivity index (χ1v) is 9.94. The number of methoxy groups -OCH3 is 1. The van der Waals surface area contributed by atoms with E-state index < -0.39 is 0 Å². The molecule has 0 fully saturated rings. The smallest absolute Gasteiger partial charge is 0.327 e. The summed E-state index contributed by atoms with van der Waals surface area (Å²) in [6, 6.07) is 9.29. The van der Waals surface area contributed by atoms with E-state index in [-0.39, 0.29) is 24.1 Å². The highest BCUT2D eigenvalue weighted by atomic mass is 35.5. The van der Waals surface area contributed by atoms with Crippen LogP contribution in [0.25, 0.3) is 33.1 Å². The normalized spacial score (nSPS) is 12.1. The van der Waals surface area contributed by atoms with E-state index in [0.29, 0.717) is 17.0 Å². The van der Waals surface area contributed by atoms with Gasteiger partial charge in [0, 0.05) is 17.1 Å². The molecule has 0 saturated carbocycles. The minimum absolute atomic E-state index is 0. The van der Waals surface area contributed by atoms with Crippen molar-refractivity contribution >= 4 is 34.3 Å². The third-order valence-corrected chi connectivity index (χ3v) is 5.67. The average Bonchev–Trinajstić information content (AvgIpc) is 3.30. The minimum atomic E-state index is -0.263. The molecule has 5 aromatic rings. The number of hydrogen-bond acceptors (Lipinski definition) is 6. The number of hydrogen-bond donors (Lipinski definition) is 1. The topological polar surface area (TPSA) is 98.8 Å². The van der Waals surface area contributed by atoms with Crippen molar-refractivity contribution in [2.24, 2.45) is 0 Å². The van der Waals surface area contributed by atoms with Crippen LogP contribution in [0.4, 0.5) is 0 Å². The molecule has 1 N–H and O–H groups in total. The Morgan fingerprint density at radius 2 is 2.00 bits per heavy atom. The molecular weight excluding hydrogens is 430 g/mol. The van der Waals surface area contributed by atoms with E-state index in [2.05, 4.69) is 20.1 Å². The van der Waals surface area contributed by atoms with Crippen LogP contribution < -0.4 is 10.4 Å². The number of nitrogens with zero attached hydrogens (tertiary/aromatic N) is 4. The van der Waals surface area contributed by atoms with Gasteiger partial charge in [0.1, 0.15) is 11.5 Å². The fourth-order valence-corrected chi connectivity index (χ4v) is 4.19. The monoisotopic (exact) mass is 451 g/mol. The predicted molar refractivity (Wildman–Crippen MR) is 125 cm³/mol. The molecule has 5 rings (SSSR count). The highest BCUT2D eigenvalue weighted by Gasteiger charge is 2.22. The molecule has 0 saturated heterocycles. The molecule has 0 spiro atoms. The summed E-state index contributed by atoms with van der Waals surface area (Å²) in [4.78, 5) is 24.8. The van der Waals surface area contributed by atoms with Gasteiger partial charge in [-0.05, 0) is 45.0 Å². The summed E-state index contributed by atoms with van der Waals surface area (Å²) < 4.78 is 12.8. The molecule has 0 aliphatic carbocycles. The lowest BCUT2D eigenvalue weighted by Gasteiger charge is -2.15. The summed E-state index contributed by atoms with van der Waals surface area (Å²) in [6.07, 6.45) is 3.41. The second-order valence-corrected chi connectivity index (χ2v) is 7.52. The van der Waals surface area contributed by atoms with Crippen molar-refractivity contribution in [3.05, 3.63) is 70.4 Å². The second kappa shape index (κ2) is 8.12. The van der Waals surface area contributed by atoms with E-state index in [9.17, 15) is 4.79 Å². The first-order chi connectivity index (χ1) is 15.0. The summed E-state index contributed by atoms with van der Waals surface area (Å²) in [6.45, 7) is 5.72. The van der Waals surface area contributed by atoms with Gasteiger partial charge in [-0.25, -0.2) is 4.79 Å². The first-order valence-electron chi connectivity index (χ1n) is 9.94. The molecule has 0 aliphatic rings. The summed E-state index contributed by atoms with van der Waals surface area (Å²) in [5.74, 6) is 1.36. The minimum Gasteiger partial charge on any atom is -0.496 e. The van der Waals surface area contributed by atoms with Crippen LogP contribution >= 0.6 is 12.4 Å².